The molecule has 26 heavy (non-hydrogen) atoms. The van der Waals surface area contributed by atoms with Crippen molar-refractivity contribution < 1.29 is 28.4 Å². The van der Waals surface area contributed by atoms with Crippen molar-refractivity contribution >= 4 is 38.9 Å². The monoisotopic (exact) mass is 472 g/mol. The summed E-state index contributed by atoms with van der Waals surface area (Å²) < 4.78 is 7.66. The van der Waals surface area contributed by atoms with Crippen LogP contribution in [0.15, 0.2) is 24.3 Å². The first-order chi connectivity index (χ1) is 12.2. The minimum absolute atomic E-state index is 0. The molecule has 0 aliphatic rings. The molecule has 0 bridgehead atoms. The van der Waals surface area contributed by atoms with Crippen molar-refractivity contribution in [3.05, 3.63) is 40.6 Å². The summed E-state index contributed by atoms with van der Waals surface area (Å²) in [6.07, 6.45) is 6.00. The summed E-state index contributed by atoms with van der Waals surface area (Å²) in [5.74, 6) is 7.56. The summed E-state index contributed by atoms with van der Waals surface area (Å²) in [6, 6.07) is 7.63. The van der Waals surface area contributed by atoms with Crippen molar-refractivity contribution in [2.45, 2.75) is 54.8 Å². The van der Waals surface area contributed by atoms with E-state index in [2.05, 4.69) is 25.7 Å². The molecule has 2 nitrogen and oxygen atoms in total. The molecule has 0 aliphatic heterocycles. The predicted molar refractivity (Wildman–Crippen MR) is 110 cm³/mol. The molecule has 0 spiro atoms. The summed E-state index contributed by atoms with van der Waals surface area (Å²) >= 11 is 1.70. The van der Waals surface area contributed by atoms with Gasteiger partial charge in [0.15, 0.2) is 0 Å². The number of hydrogen-bond acceptors (Lipinski definition) is 3. The van der Waals surface area contributed by atoms with Crippen molar-refractivity contribution in [3.63, 3.8) is 0 Å². The van der Waals surface area contributed by atoms with Gasteiger partial charge in [-0.25, -0.2) is 0 Å². The molecule has 0 saturated carbocycles. The Morgan fingerprint density at radius 1 is 1.15 bits per heavy atom. The molecule has 2 radical (unpaired) electrons. The second-order valence-corrected chi connectivity index (χ2v) is 11.1. The van der Waals surface area contributed by atoms with Crippen LogP contribution in [0.5, 0.6) is 0 Å². The number of thioether (sulfide) groups is 1. The van der Waals surface area contributed by atoms with Gasteiger partial charge in [0, 0.05) is 0 Å². The summed E-state index contributed by atoms with van der Waals surface area (Å²) in [5, 5.41) is 1.14. The molecule has 0 amide bonds. The van der Waals surface area contributed by atoms with E-state index < -0.39 is 0 Å². The zero-order chi connectivity index (χ0) is 18.3. The molecular formula is C21H29LiO2SSn. The first kappa shape index (κ1) is 25.9. The van der Waals surface area contributed by atoms with Crippen LogP contribution in [0, 0.1) is 17.1 Å². The van der Waals surface area contributed by atoms with E-state index in [9.17, 15) is 4.79 Å². The van der Waals surface area contributed by atoms with Crippen molar-refractivity contribution in [1.29, 1.82) is 0 Å². The molecule has 0 fully saturated rings. The Labute approximate surface area is 186 Å². The van der Waals surface area contributed by atoms with Crippen molar-refractivity contribution in [2.75, 3.05) is 12.9 Å². The van der Waals surface area contributed by atoms with E-state index in [1.807, 2.05) is 36.0 Å². The van der Waals surface area contributed by atoms with Crippen LogP contribution >= 0.6 is 11.8 Å². The summed E-state index contributed by atoms with van der Waals surface area (Å²) in [7, 11) is 1.41. The first-order valence-corrected chi connectivity index (χ1v) is 14.1. The van der Waals surface area contributed by atoms with Crippen LogP contribution in [-0.4, -0.2) is 40.0 Å². The van der Waals surface area contributed by atoms with Gasteiger partial charge in [0.25, 0.3) is 0 Å². The molecule has 1 aromatic carbocycles. The van der Waals surface area contributed by atoms with E-state index in [1.165, 1.54) is 41.0 Å². The zero-order valence-corrected chi connectivity index (χ0v) is 20.4. The van der Waals surface area contributed by atoms with Gasteiger partial charge in [0.1, 0.15) is 0 Å². The van der Waals surface area contributed by atoms with Crippen LogP contribution in [0.4, 0.5) is 0 Å². The van der Waals surface area contributed by atoms with Gasteiger partial charge >= 0.3 is 187 Å². The van der Waals surface area contributed by atoms with E-state index in [0.29, 0.717) is 5.56 Å². The number of carbonyl (C=O) groups excluding carboxylic acids is 1. The molecule has 0 heterocycles. The van der Waals surface area contributed by atoms with Crippen molar-refractivity contribution in [1.82, 2.24) is 0 Å². The zero-order valence-electron chi connectivity index (χ0n) is 16.7. The Kier molecular flexibility index (Phi) is 16.9. The number of carbonyl (C=O) groups is 1. The number of hydrogen-bond donors (Lipinski definition) is 0. The Morgan fingerprint density at radius 2 is 1.85 bits per heavy atom. The van der Waals surface area contributed by atoms with Gasteiger partial charge in [-0.15, -0.1) is 0 Å². The number of rotatable bonds is 11. The van der Waals surface area contributed by atoms with E-state index in [0.717, 1.165) is 23.7 Å². The van der Waals surface area contributed by atoms with Gasteiger partial charge in [0.05, 0.1) is 0 Å². The third kappa shape index (κ3) is 10.9. The molecule has 0 N–H and O–H groups in total. The standard InChI is InChI=1S/C17H20O2S.C4H9.Li.Sn/c1-4-6-7-8-9-16(20-5-2)14-10-12-15(13-11-14)17(18)19-3;1-3-4-2;;/h10-13H,2,4-7H2,1,3H3;1,3-4H2,2H3;;/q-1;;+1;. The largest absolute Gasteiger partial charge is 1.00 e. The fourth-order valence-electron chi connectivity index (χ4n) is 2.13. The van der Waals surface area contributed by atoms with Crippen LogP contribution in [0.25, 0.3) is 0 Å². The van der Waals surface area contributed by atoms with Crippen LogP contribution < -0.4 is 18.9 Å². The Balaban J connectivity index is 0.00000625. The van der Waals surface area contributed by atoms with E-state index in [4.69, 9.17) is 4.74 Å². The predicted octanol–water partition coefficient (Wildman–Crippen LogP) is 2.62. The van der Waals surface area contributed by atoms with Gasteiger partial charge in [-0.2, -0.15) is 0 Å². The summed E-state index contributed by atoms with van der Waals surface area (Å²) in [5.41, 5.74) is 1.70. The average Bonchev–Trinajstić information content (AvgIpc) is 2.65. The van der Waals surface area contributed by atoms with Crippen molar-refractivity contribution in [3.8, 4) is 11.8 Å². The number of methoxy groups -OCH3 is 1. The third-order valence-corrected chi connectivity index (χ3v) is 9.47. The van der Waals surface area contributed by atoms with Gasteiger partial charge in [-0.1, -0.05) is 0 Å². The van der Waals surface area contributed by atoms with Gasteiger partial charge in [0.2, 0.25) is 0 Å². The SMILES string of the molecule is CCCCC#C[C-](SC[CH2][Sn][CH2]CCC)c1ccc(C(=O)OC)cc1.[Li+]. The average molecular weight is 471 g/mol. The molecule has 1 rings (SSSR count). The van der Waals surface area contributed by atoms with E-state index in [1.54, 1.807) is 0 Å². The quantitative estimate of drug-likeness (QED) is 0.163. The first-order valence-electron chi connectivity index (χ1n) is 9.11. The Morgan fingerprint density at radius 3 is 2.46 bits per heavy atom. The Hall–Kier alpha value is -0.134. The fraction of sp³-hybridized carbons (Fsp3) is 0.524. The molecule has 0 unspecified atom stereocenters. The molecule has 5 heteroatoms. The number of ether oxygens (including phenoxy) is 1. The second-order valence-electron chi connectivity index (χ2n) is 5.76. The third-order valence-electron chi connectivity index (χ3n) is 3.66. The molecule has 0 aliphatic carbocycles. The van der Waals surface area contributed by atoms with Crippen LogP contribution in [-0.2, 0) is 4.74 Å². The van der Waals surface area contributed by atoms with Gasteiger partial charge in [-0.05, 0) is 0 Å². The molecule has 0 aromatic heterocycles. The molecular weight excluding hydrogens is 442 g/mol. The molecule has 1 aromatic rings. The van der Waals surface area contributed by atoms with Crippen LogP contribution in [0.3, 0.4) is 0 Å². The smallest absolute Gasteiger partial charge is 1.00 e. The molecule has 0 saturated heterocycles. The maximum absolute atomic E-state index is 11.6. The van der Waals surface area contributed by atoms with Gasteiger partial charge in [-0.3, -0.25) is 0 Å². The number of benzene rings is 1. The number of unbranched alkanes of at least 4 members (excludes halogenated alkanes) is 3. The fourth-order valence-corrected chi connectivity index (χ4v) is 7.57. The normalized spacial score (nSPS) is 9.65. The van der Waals surface area contributed by atoms with E-state index in [-0.39, 0.29) is 46.0 Å². The second kappa shape index (κ2) is 17.0. The molecule has 136 valence electrons. The maximum Gasteiger partial charge on any atom is 1.00 e. The van der Waals surface area contributed by atoms with E-state index >= 15 is 0 Å². The van der Waals surface area contributed by atoms with Crippen LogP contribution in [0.1, 0.15) is 61.9 Å². The summed E-state index contributed by atoms with van der Waals surface area (Å²) in [4.78, 5) is 11.6. The number of esters is 1. The topological polar surface area (TPSA) is 26.3 Å². The minimum atomic E-state index is -0.293. The summed E-state index contributed by atoms with van der Waals surface area (Å²) in [6.45, 7) is 4.46. The van der Waals surface area contributed by atoms with Crippen molar-refractivity contribution in [2.24, 2.45) is 0 Å². The molecule has 0 atom stereocenters. The maximum atomic E-state index is 11.6. The Bertz CT molecular complexity index is 551. The van der Waals surface area contributed by atoms with Crippen LogP contribution in [0.2, 0.25) is 8.87 Å². The van der Waals surface area contributed by atoms with Gasteiger partial charge < -0.3 is 0 Å². The minimum Gasteiger partial charge on any atom is 1.00 e.